The lowest BCUT2D eigenvalue weighted by molar-refractivity contribution is 0.638. The van der Waals surface area contributed by atoms with Gasteiger partial charge in [-0.2, -0.15) is 0 Å². The molecule has 4 rings (SSSR count). The van der Waals surface area contributed by atoms with Crippen LogP contribution in [-0.4, -0.2) is 0 Å². The van der Waals surface area contributed by atoms with Crippen molar-refractivity contribution < 1.29 is 0 Å². The zero-order valence-corrected chi connectivity index (χ0v) is 13.1. The summed E-state index contributed by atoms with van der Waals surface area (Å²) in [4.78, 5) is 0. The second-order valence-corrected chi connectivity index (χ2v) is 6.58. The lowest BCUT2D eigenvalue weighted by atomic mass is 10.1. The van der Waals surface area contributed by atoms with Gasteiger partial charge in [-0.1, -0.05) is 49.3 Å². The molecule has 4 aliphatic carbocycles. The van der Waals surface area contributed by atoms with E-state index in [1.165, 1.54) is 77.0 Å². The summed E-state index contributed by atoms with van der Waals surface area (Å²) in [5, 5.41) is 0. The Hall–Kier alpha value is -0.780. The van der Waals surface area contributed by atoms with Gasteiger partial charge in [0.15, 0.2) is 0 Å². The third-order valence-corrected chi connectivity index (χ3v) is 4.74. The molecule has 2 unspecified atom stereocenters. The van der Waals surface area contributed by atoms with Gasteiger partial charge in [-0.25, -0.2) is 0 Å². The quantitative estimate of drug-likeness (QED) is 0.436. The maximum Gasteiger partial charge on any atom is -0.0228 e. The molecule has 0 aromatic carbocycles. The Balaban J connectivity index is 0.000000113. The van der Waals surface area contributed by atoms with E-state index >= 15 is 0 Å². The van der Waals surface area contributed by atoms with E-state index in [1.54, 1.807) is 0 Å². The van der Waals surface area contributed by atoms with Crippen molar-refractivity contribution in [1.29, 1.82) is 0 Å². The fraction of sp³-hybridized carbons (Fsp3) is 0.700. The number of hydrogen-bond donors (Lipinski definition) is 0. The van der Waals surface area contributed by atoms with Crippen LogP contribution in [0.1, 0.15) is 77.0 Å². The molecule has 0 heteroatoms. The SMILES string of the molecule is C1=CC2CCC1C2.C1=CCCC1.C1=CCCCCCC1. The van der Waals surface area contributed by atoms with Gasteiger partial charge in [0.2, 0.25) is 0 Å². The monoisotopic (exact) mass is 272 g/mol. The van der Waals surface area contributed by atoms with Crippen LogP contribution in [0.15, 0.2) is 36.5 Å². The van der Waals surface area contributed by atoms with Crippen molar-refractivity contribution in [2.75, 3.05) is 0 Å². The van der Waals surface area contributed by atoms with Crippen molar-refractivity contribution in [3.63, 3.8) is 0 Å². The fourth-order valence-electron chi connectivity index (χ4n) is 3.42. The summed E-state index contributed by atoms with van der Waals surface area (Å²) in [6.45, 7) is 0. The molecule has 4 aliphatic rings. The summed E-state index contributed by atoms with van der Waals surface area (Å²) in [5.74, 6) is 1.98. The molecule has 0 radical (unpaired) electrons. The summed E-state index contributed by atoms with van der Waals surface area (Å²) in [5.41, 5.74) is 0. The molecule has 0 amide bonds. The van der Waals surface area contributed by atoms with Gasteiger partial charge < -0.3 is 0 Å². The maximum absolute atomic E-state index is 2.38. The summed E-state index contributed by atoms with van der Waals surface area (Å²) in [6.07, 6.45) is 30.7. The Morgan fingerprint density at radius 3 is 1.20 bits per heavy atom. The average Bonchev–Trinajstić information content (AvgIpc) is 3.20. The molecule has 0 aromatic heterocycles. The molecule has 0 heterocycles. The molecule has 0 aliphatic heterocycles. The van der Waals surface area contributed by atoms with Gasteiger partial charge in [-0.05, 0) is 76.0 Å². The van der Waals surface area contributed by atoms with E-state index in [2.05, 4.69) is 36.5 Å². The van der Waals surface area contributed by atoms with E-state index in [0.29, 0.717) is 0 Å². The van der Waals surface area contributed by atoms with Gasteiger partial charge in [0.1, 0.15) is 0 Å². The van der Waals surface area contributed by atoms with Gasteiger partial charge in [0.25, 0.3) is 0 Å². The van der Waals surface area contributed by atoms with E-state index in [-0.39, 0.29) is 0 Å². The minimum atomic E-state index is 0.991. The van der Waals surface area contributed by atoms with Crippen molar-refractivity contribution >= 4 is 0 Å². The molecule has 2 atom stereocenters. The Morgan fingerprint density at radius 2 is 0.950 bits per heavy atom. The predicted molar refractivity (Wildman–Crippen MR) is 89.8 cm³/mol. The highest BCUT2D eigenvalue weighted by Crippen LogP contribution is 2.38. The van der Waals surface area contributed by atoms with Crippen molar-refractivity contribution in [3.05, 3.63) is 36.5 Å². The average molecular weight is 272 g/mol. The predicted octanol–water partition coefficient (Wildman–Crippen LogP) is 6.60. The molecule has 0 nitrogen and oxygen atoms in total. The van der Waals surface area contributed by atoms with Crippen molar-refractivity contribution in [2.45, 2.75) is 77.0 Å². The molecule has 20 heavy (non-hydrogen) atoms. The molecular formula is C20H32. The zero-order valence-electron chi connectivity index (χ0n) is 13.1. The number of fused-ring (bicyclic) bond motifs is 2. The lowest BCUT2D eigenvalue weighted by Crippen LogP contribution is -1.82. The Bertz CT molecular complexity index is 293. The Morgan fingerprint density at radius 1 is 0.500 bits per heavy atom. The van der Waals surface area contributed by atoms with E-state index < -0.39 is 0 Å². The third-order valence-electron chi connectivity index (χ3n) is 4.74. The molecule has 112 valence electrons. The smallest absolute Gasteiger partial charge is 0.0228 e. The van der Waals surface area contributed by atoms with E-state index in [0.717, 1.165) is 11.8 Å². The normalized spacial score (nSPS) is 30.0. The first-order chi connectivity index (χ1) is 9.95. The molecule has 1 fully saturated rings. The summed E-state index contributed by atoms with van der Waals surface area (Å²) < 4.78 is 0. The van der Waals surface area contributed by atoms with Gasteiger partial charge >= 0.3 is 0 Å². The molecule has 1 saturated carbocycles. The molecular weight excluding hydrogens is 240 g/mol. The topological polar surface area (TPSA) is 0 Å². The second-order valence-electron chi connectivity index (χ2n) is 6.58. The second kappa shape index (κ2) is 10.0. The van der Waals surface area contributed by atoms with Crippen LogP contribution >= 0.6 is 0 Å². The highest BCUT2D eigenvalue weighted by atomic mass is 14.3. The maximum atomic E-state index is 2.38. The molecule has 0 spiro atoms. The third kappa shape index (κ3) is 6.59. The highest BCUT2D eigenvalue weighted by molar-refractivity contribution is 5.06. The molecule has 0 N–H and O–H groups in total. The lowest BCUT2D eigenvalue weighted by Gasteiger charge is -2.00. The molecule has 2 bridgehead atoms. The minimum absolute atomic E-state index is 0.991. The minimum Gasteiger partial charge on any atom is -0.0885 e. The standard InChI is InChI=1S/C8H14.C7H10.C5H8/c1-2-4-6-8-7-5-3-1;1-2-7-4-3-6(1)5-7;1-2-4-5-3-1/h1-2H,3-8H2;1-2,6-7H,3-5H2;1-2H,3-5H2. The van der Waals surface area contributed by atoms with E-state index in [4.69, 9.17) is 0 Å². The van der Waals surface area contributed by atoms with Crippen molar-refractivity contribution in [1.82, 2.24) is 0 Å². The first-order valence-corrected chi connectivity index (χ1v) is 8.93. The summed E-state index contributed by atoms with van der Waals surface area (Å²) in [7, 11) is 0. The molecule has 0 saturated heterocycles. The first kappa shape index (κ1) is 15.6. The Labute approximate surface area is 126 Å². The Kier molecular flexibility index (Phi) is 7.82. The summed E-state index contributed by atoms with van der Waals surface area (Å²) in [6, 6.07) is 0. The van der Waals surface area contributed by atoms with Crippen LogP contribution in [0.3, 0.4) is 0 Å². The zero-order chi connectivity index (χ0) is 13.9. The van der Waals surface area contributed by atoms with Crippen LogP contribution in [0.2, 0.25) is 0 Å². The number of rotatable bonds is 0. The fourth-order valence-corrected chi connectivity index (χ4v) is 3.42. The van der Waals surface area contributed by atoms with E-state index in [9.17, 15) is 0 Å². The van der Waals surface area contributed by atoms with Gasteiger partial charge in [0.05, 0.1) is 0 Å². The number of hydrogen-bond acceptors (Lipinski definition) is 0. The van der Waals surface area contributed by atoms with Crippen LogP contribution in [0.4, 0.5) is 0 Å². The van der Waals surface area contributed by atoms with Gasteiger partial charge in [0, 0.05) is 0 Å². The van der Waals surface area contributed by atoms with Crippen molar-refractivity contribution in [2.24, 2.45) is 11.8 Å². The van der Waals surface area contributed by atoms with Gasteiger partial charge in [-0.15, -0.1) is 0 Å². The van der Waals surface area contributed by atoms with Crippen LogP contribution in [-0.2, 0) is 0 Å². The van der Waals surface area contributed by atoms with Crippen molar-refractivity contribution in [3.8, 4) is 0 Å². The van der Waals surface area contributed by atoms with Crippen LogP contribution in [0, 0.1) is 11.8 Å². The van der Waals surface area contributed by atoms with Gasteiger partial charge in [-0.3, -0.25) is 0 Å². The first-order valence-electron chi connectivity index (χ1n) is 8.93. The van der Waals surface area contributed by atoms with Crippen LogP contribution in [0.25, 0.3) is 0 Å². The molecule has 0 aromatic rings. The van der Waals surface area contributed by atoms with E-state index in [1.807, 2.05) is 0 Å². The largest absolute Gasteiger partial charge is 0.0885 e. The van der Waals surface area contributed by atoms with Crippen LogP contribution in [0.5, 0.6) is 0 Å². The highest BCUT2D eigenvalue weighted by Gasteiger charge is 2.25. The summed E-state index contributed by atoms with van der Waals surface area (Å²) >= 11 is 0. The van der Waals surface area contributed by atoms with Crippen LogP contribution < -0.4 is 0 Å². The number of allylic oxidation sites excluding steroid dienone is 6.